The fraction of sp³-hybridized carbons (Fsp3) is 0.250. The number of aromatic nitrogens is 2. The Morgan fingerprint density at radius 1 is 1.19 bits per heavy atom. The molecule has 1 aromatic carbocycles. The smallest absolute Gasteiger partial charge is 0.139 e. The Kier molecular flexibility index (Phi) is 3.25. The van der Waals surface area contributed by atoms with Gasteiger partial charge in [0.05, 0.1) is 17.3 Å². The number of pyridine rings is 1. The van der Waals surface area contributed by atoms with E-state index in [0.717, 1.165) is 39.4 Å². The van der Waals surface area contributed by atoms with Crippen LogP contribution in [0, 0.1) is 13.8 Å². The lowest BCUT2D eigenvalue weighted by atomic mass is 10.1. The first-order valence-corrected chi connectivity index (χ1v) is 6.90. The molecule has 1 atom stereocenters. The molecule has 1 unspecified atom stereocenters. The first-order valence-electron chi connectivity index (χ1n) is 6.90. The molecule has 108 valence electrons. The molecule has 3 aromatic rings. The molecule has 3 N–H and O–H groups in total. The molecule has 0 saturated heterocycles. The minimum absolute atomic E-state index is 0.0787. The van der Waals surface area contributed by atoms with Crippen LogP contribution in [-0.4, -0.2) is 10.1 Å². The third-order valence-corrected chi connectivity index (χ3v) is 3.60. The number of hydrogen-bond acceptors (Lipinski definition) is 5. The standard InChI is InChI=1S/C16H18N4O/c1-9(16-10(2)20-21-11(16)3)18-15-7-4-12-8-13(17)5-6-14(12)19-15/h4-9H,17H2,1-3H3,(H,18,19). The maximum absolute atomic E-state index is 5.78. The fourth-order valence-electron chi connectivity index (χ4n) is 2.63. The summed E-state index contributed by atoms with van der Waals surface area (Å²) in [6, 6.07) is 9.75. The zero-order valence-corrected chi connectivity index (χ0v) is 12.3. The van der Waals surface area contributed by atoms with Crippen LogP contribution in [0.4, 0.5) is 11.5 Å². The predicted molar refractivity (Wildman–Crippen MR) is 84.2 cm³/mol. The number of aryl methyl sites for hydroxylation is 2. The van der Waals surface area contributed by atoms with Gasteiger partial charge < -0.3 is 15.6 Å². The monoisotopic (exact) mass is 282 g/mol. The average molecular weight is 282 g/mol. The van der Waals surface area contributed by atoms with Crippen LogP contribution in [0.1, 0.15) is 30.0 Å². The summed E-state index contributed by atoms with van der Waals surface area (Å²) in [5, 5.41) is 8.41. The highest BCUT2D eigenvalue weighted by molar-refractivity contribution is 5.83. The molecule has 0 aliphatic heterocycles. The van der Waals surface area contributed by atoms with Gasteiger partial charge in [-0.1, -0.05) is 5.16 Å². The van der Waals surface area contributed by atoms with Crippen molar-refractivity contribution in [3.8, 4) is 0 Å². The van der Waals surface area contributed by atoms with Gasteiger partial charge >= 0.3 is 0 Å². The van der Waals surface area contributed by atoms with Crippen LogP contribution in [0.25, 0.3) is 10.9 Å². The van der Waals surface area contributed by atoms with Crippen molar-refractivity contribution in [2.24, 2.45) is 0 Å². The molecule has 5 nitrogen and oxygen atoms in total. The van der Waals surface area contributed by atoms with Crippen LogP contribution >= 0.6 is 0 Å². The number of fused-ring (bicyclic) bond motifs is 1. The van der Waals surface area contributed by atoms with Gasteiger partial charge in [0, 0.05) is 16.6 Å². The van der Waals surface area contributed by atoms with Gasteiger partial charge in [-0.15, -0.1) is 0 Å². The van der Waals surface area contributed by atoms with E-state index in [-0.39, 0.29) is 6.04 Å². The van der Waals surface area contributed by atoms with Crippen molar-refractivity contribution in [2.45, 2.75) is 26.8 Å². The summed E-state index contributed by atoms with van der Waals surface area (Å²) in [6.45, 7) is 5.94. The number of nitrogens with zero attached hydrogens (tertiary/aromatic N) is 2. The van der Waals surface area contributed by atoms with E-state index in [9.17, 15) is 0 Å². The lowest BCUT2D eigenvalue weighted by molar-refractivity contribution is 0.392. The molecule has 0 aliphatic carbocycles. The van der Waals surface area contributed by atoms with Crippen molar-refractivity contribution < 1.29 is 4.52 Å². The largest absolute Gasteiger partial charge is 0.399 e. The Morgan fingerprint density at radius 2 is 2.00 bits per heavy atom. The van der Waals surface area contributed by atoms with Gasteiger partial charge in [0.1, 0.15) is 11.6 Å². The van der Waals surface area contributed by atoms with Crippen molar-refractivity contribution in [1.29, 1.82) is 0 Å². The third kappa shape index (κ3) is 2.54. The molecular weight excluding hydrogens is 264 g/mol. The predicted octanol–water partition coefficient (Wildman–Crippen LogP) is 3.59. The van der Waals surface area contributed by atoms with Crippen molar-refractivity contribution >= 4 is 22.4 Å². The molecule has 0 fully saturated rings. The highest BCUT2D eigenvalue weighted by atomic mass is 16.5. The van der Waals surface area contributed by atoms with Crippen molar-refractivity contribution in [2.75, 3.05) is 11.1 Å². The minimum atomic E-state index is 0.0787. The third-order valence-electron chi connectivity index (χ3n) is 3.60. The Labute approximate surface area is 123 Å². The molecule has 2 aromatic heterocycles. The summed E-state index contributed by atoms with van der Waals surface area (Å²) >= 11 is 0. The molecule has 0 radical (unpaired) electrons. The first kappa shape index (κ1) is 13.4. The number of nitrogens with one attached hydrogen (secondary N) is 1. The second-order valence-corrected chi connectivity index (χ2v) is 5.25. The summed E-state index contributed by atoms with van der Waals surface area (Å²) in [7, 11) is 0. The number of rotatable bonds is 3. The molecule has 5 heteroatoms. The second-order valence-electron chi connectivity index (χ2n) is 5.25. The normalized spacial score (nSPS) is 12.5. The Bertz CT molecular complexity index is 775. The molecule has 3 rings (SSSR count). The van der Waals surface area contributed by atoms with E-state index in [4.69, 9.17) is 10.3 Å². The van der Waals surface area contributed by atoms with E-state index in [1.165, 1.54) is 0 Å². The number of anilines is 2. The fourth-order valence-corrected chi connectivity index (χ4v) is 2.63. The van der Waals surface area contributed by atoms with E-state index in [0.29, 0.717) is 0 Å². The number of nitrogens with two attached hydrogens (primary N) is 1. The quantitative estimate of drug-likeness (QED) is 0.718. The van der Waals surface area contributed by atoms with Gasteiger partial charge in [-0.25, -0.2) is 4.98 Å². The van der Waals surface area contributed by atoms with Gasteiger partial charge in [0.25, 0.3) is 0 Å². The first-order chi connectivity index (χ1) is 10.0. The second kappa shape index (κ2) is 5.09. The number of benzene rings is 1. The summed E-state index contributed by atoms with van der Waals surface area (Å²) < 4.78 is 5.21. The lowest BCUT2D eigenvalue weighted by Crippen LogP contribution is -2.09. The van der Waals surface area contributed by atoms with E-state index < -0.39 is 0 Å². The van der Waals surface area contributed by atoms with E-state index in [1.807, 2.05) is 44.2 Å². The Morgan fingerprint density at radius 3 is 2.71 bits per heavy atom. The van der Waals surface area contributed by atoms with E-state index in [1.54, 1.807) is 0 Å². The molecule has 21 heavy (non-hydrogen) atoms. The van der Waals surface area contributed by atoms with Gasteiger partial charge in [-0.05, 0) is 51.1 Å². The molecule has 2 heterocycles. The van der Waals surface area contributed by atoms with Crippen LogP contribution in [-0.2, 0) is 0 Å². The van der Waals surface area contributed by atoms with Crippen molar-refractivity contribution in [1.82, 2.24) is 10.1 Å². The van der Waals surface area contributed by atoms with Crippen molar-refractivity contribution in [3.63, 3.8) is 0 Å². The van der Waals surface area contributed by atoms with Crippen LogP contribution in [0.2, 0.25) is 0 Å². The van der Waals surface area contributed by atoms with Crippen LogP contribution < -0.4 is 11.1 Å². The average Bonchev–Trinajstić information content (AvgIpc) is 2.78. The lowest BCUT2D eigenvalue weighted by Gasteiger charge is -2.14. The topological polar surface area (TPSA) is 77.0 Å². The Balaban J connectivity index is 1.89. The molecular formula is C16H18N4O. The Hall–Kier alpha value is -2.56. The highest BCUT2D eigenvalue weighted by Crippen LogP contribution is 2.25. The molecule has 0 saturated carbocycles. The minimum Gasteiger partial charge on any atom is -0.399 e. The molecule has 0 spiro atoms. The molecule has 0 aliphatic rings. The molecule has 0 amide bonds. The van der Waals surface area contributed by atoms with Gasteiger partial charge in [-0.3, -0.25) is 0 Å². The molecule has 0 bridgehead atoms. The van der Waals surface area contributed by atoms with E-state index >= 15 is 0 Å². The zero-order valence-electron chi connectivity index (χ0n) is 12.3. The maximum Gasteiger partial charge on any atom is 0.139 e. The van der Waals surface area contributed by atoms with Gasteiger partial charge in [0.2, 0.25) is 0 Å². The van der Waals surface area contributed by atoms with E-state index in [2.05, 4.69) is 22.4 Å². The zero-order chi connectivity index (χ0) is 15.0. The van der Waals surface area contributed by atoms with Crippen LogP contribution in [0.15, 0.2) is 34.9 Å². The highest BCUT2D eigenvalue weighted by Gasteiger charge is 2.16. The van der Waals surface area contributed by atoms with Crippen molar-refractivity contribution in [3.05, 3.63) is 47.3 Å². The van der Waals surface area contributed by atoms with Crippen LogP contribution in [0.3, 0.4) is 0 Å². The summed E-state index contributed by atoms with van der Waals surface area (Å²) in [4.78, 5) is 4.61. The maximum atomic E-state index is 5.78. The summed E-state index contributed by atoms with van der Waals surface area (Å²) in [6.07, 6.45) is 0. The van der Waals surface area contributed by atoms with Gasteiger partial charge in [-0.2, -0.15) is 0 Å². The number of hydrogen-bond donors (Lipinski definition) is 2. The number of nitrogen functional groups attached to an aromatic ring is 1. The SMILES string of the molecule is Cc1noc(C)c1C(C)Nc1ccc2cc(N)ccc2n1. The summed E-state index contributed by atoms with van der Waals surface area (Å²) in [5.41, 5.74) is 9.42. The van der Waals surface area contributed by atoms with Gasteiger partial charge in [0.15, 0.2) is 0 Å². The van der Waals surface area contributed by atoms with Crippen LogP contribution in [0.5, 0.6) is 0 Å². The summed E-state index contributed by atoms with van der Waals surface area (Å²) in [5.74, 6) is 1.65.